The Morgan fingerprint density at radius 2 is 2.24 bits per heavy atom. The Kier molecular flexibility index (Phi) is 5.90. The molecule has 3 heteroatoms. The summed E-state index contributed by atoms with van der Waals surface area (Å²) >= 11 is 0. The maximum atomic E-state index is 6.11. The molecule has 3 atom stereocenters. The molecule has 0 heterocycles. The molecule has 0 aliphatic heterocycles. The molecule has 1 saturated carbocycles. The number of methoxy groups -OCH3 is 1. The second-order valence-corrected chi connectivity index (χ2v) is 5.71. The van der Waals surface area contributed by atoms with E-state index in [4.69, 9.17) is 10.5 Å². The average molecular weight is 242 g/mol. The third-order valence-electron chi connectivity index (χ3n) is 4.70. The number of rotatable bonds is 6. The summed E-state index contributed by atoms with van der Waals surface area (Å²) in [6.07, 6.45) is 6.48. The van der Waals surface area contributed by atoms with Gasteiger partial charge in [-0.15, -0.1) is 0 Å². The normalized spacial score (nSPS) is 31.8. The molecule has 17 heavy (non-hydrogen) atoms. The van der Waals surface area contributed by atoms with Crippen molar-refractivity contribution in [1.82, 2.24) is 4.90 Å². The Bertz CT molecular complexity index is 222. The standard InChI is InChI=1S/C14H30N2O/c1-5-13-7-6-8-14(9-13,11-15)16(3)12(2)10-17-4/h12-13H,5-11,15H2,1-4H3. The van der Waals surface area contributed by atoms with E-state index in [9.17, 15) is 0 Å². The third kappa shape index (κ3) is 3.43. The molecule has 0 spiro atoms. The third-order valence-corrected chi connectivity index (χ3v) is 4.70. The lowest BCUT2D eigenvalue weighted by Gasteiger charge is -2.49. The molecular weight excluding hydrogens is 212 g/mol. The first-order chi connectivity index (χ1) is 8.09. The minimum absolute atomic E-state index is 0.205. The first-order valence-electron chi connectivity index (χ1n) is 7.01. The van der Waals surface area contributed by atoms with Crippen molar-refractivity contribution < 1.29 is 4.74 Å². The quantitative estimate of drug-likeness (QED) is 0.776. The highest BCUT2D eigenvalue weighted by molar-refractivity contribution is 4.96. The van der Waals surface area contributed by atoms with Crippen LogP contribution >= 0.6 is 0 Å². The summed E-state index contributed by atoms with van der Waals surface area (Å²) in [4.78, 5) is 2.47. The van der Waals surface area contributed by atoms with E-state index in [1.807, 2.05) is 0 Å². The van der Waals surface area contributed by atoms with Crippen LogP contribution < -0.4 is 5.73 Å². The minimum atomic E-state index is 0.205. The summed E-state index contributed by atoms with van der Waals surface area (Å²) < 4.78 is 5.28. The van der Waals surface area contributed by atoms with Gasteiger partial charge in [-0.2, -0.15) is 0 Å². The zero-order valence-electron chi connectivity index (χ0n) is 12.0. The van der Waals surface area contributed by atoms with Gasteiger partial charge in [0, 0.05) is 25.2 Å². The molecular formula is C14H30N2O. The van der Waals surface area contributed by atoms with E-state index in [1.165, 1.54) is 32.1 Å². The SMILES string of the molecule is CCC1CCCC(CN)(N(C)C(C)COC)C1. The smallest absolute Gasteiger partial charge is 0.0615 e. The van der Waals surface area contributed by atoms with Crippen molar-refractivity contribution in [3.05, 3.63) is 0 Å². The molecule has 1 aliphatic rings. The van der Waals surface area contributed by atoms with Crippen LogP contribution in [0, 0.1) is 5.92 Å². The van der Waals surface area contributed by atoms with E-state index in [2.05, 4.69) is 25.8 Å². The molecule has 2 N–H and O–H groups in total. The van der Waals surface area contributed by atoms with E-state index < -0.39 is 0 Å². The molecule has 0 radical (unpaired) electrons. The fourth-order valence-electron chi connectivity index (χ4n) is 3.28. The number of hydrogen-bond donors (Lipinski definition) is 1. The van der Waals surface area contributed by atoms with Crippen LogP contribution in [0.15, 0.2) is 0 Å². The van der Waals surface area contributed by atoms with Gasteiger partial charge in [-0.1, -0.05) is 26.2 Å². The molecule has 3 nitrogen and oxygen atoms in total. The van der Waals surface area contributed by atoms with Crippen molar-refractivity contribution in [1.29, 1.82) is 0 Å². The summed E-state index contributed by atoms with van der Waals surface area (Å²) in [5.74, 6) is 0.851. The monoisotopic (exact) mass is 242 g/mol. The molecule has 0 aromatic carbocycles. The van der Waals surface area contributed by atoms with Crippen LogP contribution in [0.4, 0.5) is 0 Å². The fraction of sp³-hybridized carbons (Fsp3) is 1.00. The van der Waals surface area contributed by atoms with Crippen molar-refractivity contribution in [2.75, 3.05) is 27.3 Å². The fourth-order valence-corrected chi connectivity index (χ4v) is 3.28. The van der Waals surface area contributed by atoms with Gasteiger partial charge in [-0.05, 0) is 32.7 Å². The number of likely N-dealkylation sites (N-methyl/N-ethyl adjacent to an activating group) is 1. The summed E-state index contributed by atoms with van der Waals surface area (Å²) in [5, 5.41) is 0. The van der Waals surface area contributed by atoms with E-state index in [1.54, 1.807) is 7.11 Å². The zero-order chi connectivity index (χ0) is 12.9. The van der Waals surface area contributed by atoms with Gasteiger partial charge in [0.05, 0.1) is 6.61 Å². The highest BCUT2D eigenvalue weighted by Gasteiger charge is 2.39. The van der Waals surface area contributed by atoms with Crippen molar-refractivity contribution in [2.24, 2.45) is 11.7 Å². The average Bonchev–Trinajstić information content (AvgIpc) is 2.38. The predicted molar refractivity (Wildman–Crippen MR) is 73.1 cm³/mol. The predicted octanol–water partition coefficient (Wildman–Crippen LogP) is 2.25. The van der Waals surface area contributed by atoms with Crippen LogP contribution in [-0.2, 0) is 4.74 Å². The van der Waals surface area contributed by atoms with E-state index in [-0.39, 0.29) is 5.54 Å². The van der Waals surface area contributed by atoms with Gasteiger partial charge in [0.15, 0.2) is 0 Å². The lowest BCUT2D eigenvalue weighted by atomic mass is 9.73. The summed E-state index contributed by atoms with van der Waals surface area (Å²) in [7, 11) is 3.99. The van der Waals surface area contributed by atoms with Crippen molar-refractivity contribution in [2.45, 2.75) is 57.5 Å². The Morgan fingerprint density at radius 1 is 1.53 bits per heavy atom. The Balaban J connectivity index is 2.72. The largest absolute Gasteiger partial charge is 0.383 e. The maximum absolute atomic E-state index is 6.11. The molecule has 0 saturated heterocycles. The second-order valence-electron chi connectivity index (χ2n) is 5.71. The van der Waals surface area contributed by atoms with Crippen LogP contribution in [0.3, 0.4) is 0 Å². The first kappa shape index (κ1) is 14.9. The number of nitrogens with two attached hydrogens (primary N) is 1. The molecule has 0 bridgehead atoms. The Morgan fingerprint density at radius 3 is 2.76 bits per heavy atom. The Labute approximate surface area is 107 Å². The van der Waals surface area contributed by atoms with Gasteiger partial charge in [-0.25, -0.2) is 0 Å². The first-order valence-corrected chi connectivity index (χ1v) is 7.01. The Hall–Kier alpha value is -0.120. The maximum Gasteiger partial charge on any atom is 0.0615 e. The minimum Gasteiger partial charge on any atom is -0.383 e. The van der Waals surface area contributed by atoms with Crippen molar-refractivity contribution >= 4 is 0 Å². The highest BCUT2D eigenvalue weighted by atomic mass is 16.5. The highest BCUT2D eigenvalue weighted by Crippen LogP contribution is 2.37. The van der Waals surface area contributed by atoms with Crippen molar-refractivity contribution in [3.63, 3.8) is 0 Å². The number of nitrogens with zero attached hydrogens (tertiary/aromatic N) is 1. The van der Waals surface area contributed by atoms with Crippen LogP contribution in [0.5, 0.6) is 0 Å². The number of ether oxygens (including phenoxy) is 1. The molecule has 1 rings (SSSR count). The van der Waals surface area contributed by atoms with Crippen LogP contribution in [0.25, 0.3) is 0 Å². The van der Waals surface area contributed by atoms with E-state index in [0.717, 1.165) is 19.1 Å². The van der Waals surface area contributed by atoms with Crippen LogP contribution in [0.1, 0.15) is 46.0 Å². The van der Waals surface area contributed by atoms with Gasteiger partial charge in [-0.3, -0.25) is 4.90 Å². The van der Waals surface area contributed by atoms with Gasteiger partial charge in [0.25, 0.3) is 0 Å². The summed E-state index contributed by atoms with van der Waals surface area (Å²) in [6, 6.07) is 0.444. The lowest BCUT2D eigenvalue weighted by Crippen LogP contribution is -2.58. The van der Waals surface area contributed by atoms with Gasteiger partial charge < -0.3 is 10.5 Å². The molecule has 3 unspecified atom stereocenters. The molecule has 0 aromatic heterocycles. The molecule has 0 aromatic rings. The van der Waals surface area contributed by atoms with Gasteiger partial charge in [0.1, 0.15) is 0 Å². The van der Waals surface area contributed by atoms with Crippen LogP contribution in [0.2, 0.25) is 0 Å². The van der Waals surface area contributed by atoms with Gasteiger partial charge in [0.2, 0.25) is 0 Å². The van der Waals surface area contributed by atoms with Crippen molar-refractivity contribution in [3.8, 4) is 0 Å². The number of hydrogen-bond acceptors (Lipinski definition) is 3. The summed E-state index contributed by atoms with van der Waals surface area (Å²) in [6.45, 7) is 6.09. The van der Waals surface area contributed by atoms with Gasteiger partial charge >= 0.3 is 0 Å². The van der Waals surface area contributed by atoms with E-state index in [0.29, 0.717) is 6.04 Å². The zero-order valence-corrected chi connectivity index (χ0v) is 12.0. The molecule has 1 fully saturated rings. The molecule has 102 valence electrons. The molecule has 1 aliphatic carbocycles. The second kappa shape index (κ2) is 6.72. The van der Waals surface area contributed by atoms with E-state index >= 15 is 0 Å². The summed E-state index contributed by atoms with van der Waals surface area (Å²) in [5.41, 5.74) is 6.31. The molecule has 0 amide bonds. The van der Waals surface area contributed by atoms with Crippen LogP contribution in [-0.4, -0.2) is 43.8 Å². The topological polar surface area (TPSA) is 38.5 Å². The lowest BCUT2D eigenvalue weighted by molar-refractivity contribution is 0.00165.